The molecule has 1 saturated heterocycles. The van der Waals surface area contributed by atoms with E-state index in [2.05, 4.69) is 0 Å². The molecule has 3 amide bonds. The van der Waals surface area contributed by atoms with Crippen LogP contribution in [0.2, 0.25) is 0 Å². The number of urea groups is 1. The highest BCUT2D eigenvalue weighted by Gasteiger charge is 2.54. The van der Waals surface area contributed by atoms with E-state index in [9.17, 15) is 14.4 Å². The normalized spacial score (nSPS) is 17.8. The zero-order valence-electron chi connectivity index (χ0n) is 10.9. The Morgan fingerprint density at radius 3 is 2.26 bits per heavy atom. The summed E-state index contributed by atoms with van der Waals surface area (Å²) in [6, 6.07) is 7.83. The number of nitrogens with zero attached hydrogens (tertiary/aromatic N) is 2. The van der Waals surface area contributed by atoms with Crippen LogP contribution in [0.4, 0.5) is 10.5 Å². The van der Waals surface area contributed by atoms with E-state index in [0.29, 0.717) is 5.69 Å². The van der Waals surface area contributed by atoms with E-state index in [0.717, 1.165) is 9.96 Å². The lowest BCUT2D eigenvalue weighted by molar-refractivity contribution is -0.187. The molecule has 19 heavy (non-hydrogen) atoms. The van der Waals surface area contributed by atoms with E-state index in [1.165, 1.54) is 20.8 Å². The largest absolute Gasteiger partial charge is 0.365 e. The molecule has 1 aliphatic rings. The van der Waals surface area contributed by atoms with Crippen molar-refractivity contribution in [3.8, 4) is 0 Å². The second kappa shape index (κ2) is 4.38. The van der Waals surface area contributed by atoms with Crippen molar-refractivity contribution < 1.29 is 19.2 Å². The highest BCUT2D eigenvalue weighted by atomic mass is 16.7. The van der Waals surface area contributed by atoms with Gasteiger partial charge in [-0.1, -0.05) is 18.2 Å². The van der Waals surface area contributed by atoms with Crippen molar-refractivity contribution in [2.45, 2.75) is 26.3 Å². The van der Waals surface area contributed by atoms with Crippen molar-refractivity contribution in [3.63, 3.8) is 0 Å². The molecule has 0 atom stereocenters. The summed E-state index contributed by atoms with van der Waals surface area (Å²) < 4.78 is 0. The molecule has 1 heterocycles. The lowest BCUT2D eigenvalue weighted by Gasteiger charge is -2.24. The maximum atomic E-state index is 12.3. The standard InChI is InChI=1S/C13H14N2O4/c1-9(16)19-15-12(18)14(11(17)13(15,2)3)10-7-5-4-6-8-10/h4-8H,1-3H3. The number of imide groups is 1. The quantitative estimate of drug-likeness (QED) is 0.761. The van der Waals surface area contributed by atoms with Gasteiger partial charge < -0.3 is 4.84 Å². The number of anilines is 1. The Morgan fingerprint density at radius 1 is 1.16 bits per heavy atom. The molecule has 0 radical (unpaired) electrons. The average molecular weight is 262 g/mol. The van der Waals surface area contributed by atoms with Crippen LogP contribution in [0.15, 0.2) is 30.3 Å². The lowest BCUT2D eigenvalue weighted by atomic mass is 10.1. The molecule has 0 aromatic heterocycles. The Morgan fingerprint density at radius 2 is 1.74 bits per heavy atom. The summed E-state index contributed by atoms with van der Waals surface area (Å²) >= 11 is 0. The number of benzene rings is 1. The van der Waals surface area contributed by atoms with Crippen molar-refractivity contribution in [3.05, 3.63) is 30.3 Å². The van der Waals surface area contributed by atoms with E-state index in [-0.39, 0.29) is 0 Å². The molecule has 0 bridgehead atoms. The molecular weight excluding hydrogens is 248 g/mol. The number of carbonyl (C=O) groups excluding carboxylic acids is 3. The number of hydrogen-bond donors (Lipinski definition) is 0. The van der Waals surface area contributed by atoms with Crippen LogP contribution in [0.3, 0.4) is 0 Å². The number of para-hydroxylation sites is 1. The Bertz CT molecular complexity index is 539. The first-order valence-electron chi connectivity index (χ1n) is 5.78. The summed E-state index contributed by atoms with van der Waals surface area (Å²) in [5.41, 5.74) is -0.779. The molecule has 6 heteroatoms. The zero-order chi connectivity index (χ0) is 14.2. The summed E-state index contributed by atoms with van der Waals surface area (Å²) in [6.07, 6.45) is 0. The van der Waals surface area contributed by atoms with Crippen LogP contribution in [0.5, 0.6) is 0 Å². The van der Waals surface area contributed by atoms with Gasteiger partial charge >= 0.3 is 12.0 Å². The van der Waals surface area contributed by atoms with Gasteiger partial charge in [-0.15, -0.1) is 5.06 Å². The van der Waals surface area contributed by atoms with Gasteiger partial charge in [-0.3, -0.25) is 9.59 Å². The van der Waals surface area contributed by atoms with Gasteiger partial charge in [0, 0.05) is 6.92 Å². The molecule has 1 aliphatic heterocycles. The first kappa shape index (κ1) is 13.1. The van der Waals surface area contributed by atoms with Crippen molar-refractivity contribution >= 4 is 23.6 Å². The maximum absolute atomic E-state index is 12.3. The van der Waals surface area contributed by atoms with Gasteiger partial charge in [0.1, 0.15) is 0 Å². The van der Waals surface area contributed by atoms with Gasteiger partial charge in [0.2, 0.25) is 0 Å². The molecule has 1 aromatic rings. The third-order valence-electron chi connectivity index (χ3n) is 2.83. The third kappa shape index (κ3) is 2.05. The Balaban J connectivity index is 2.41. The fraction of sp³-hybridized carbons (Fsp3) is 0.308. The van der Waals surface area contributed by atoms with Crippen molar-refractivity contribution in [2.24, 2.45) is 0 Å². The molecule has 100 valence electrons. The summed E-state index contributed by atoms with van der Waals surface area (Å²) in [6.45, 7) is 4.23. The van der Waals surface area contributed by atoms with Gasteiger partial charge in [0.05, 0.1) is 5.69 Å². The smallest absolute Gasteiger partial charge is 0.336 e. The molecular formula is C13H14N2O4. The average Bonchev–Trinajstić information content (AvgIpc) is 2.51. The van der Waals surface area contributed by atoms with Crippen LogP contribution in [0.25, 0.3) is 0 Å². The summed E-state index contributed by atoms with van der Waals surface area (Å²) in [7, 11) is 0. The van der Waals surface area contributed by atoms with Crippen LogP contribution >= 0.6 is 0 Å². The molecule has 1 fully saturated rings. The van der Waals surface area contributed by atoms with Crippen molar-refractivity contribution in [1.82, 2.24) is 5.06 Å². The molecule has 2 rings (SSSR count). The summed E-state index contributed by atoms with van der Waals surface area (Å²) in [5.74, 6) is -1.09. The molecule has 0 N–H and O–H groups in total. The SMILES string of the molecule is CC(=O)ON1C(=O)N(c2ccccc2)C(=O)C1(C)C. The Hall–Kier alpha value is -2.37. The monoisotopic (exact) mass is 262 g/mol. The predicted octanol–water partition coefficient (Wildman–Crippen LogP) is 1.71. The second-order valence-electron chi connectivity index (χ2n) is 4.69. The predicted molar refractivity (Wildman–Crippen MR) is 67.0 cm³/mol. The minimum atomic E-state index is -1.22. The number of amides is 3. The van der Waals surface area contributed by atoms with E-state index in [1.54, 1.807) is 30.3 Å². The van der Waals surface area contributed by atoms with E-state index < -0.39 is 23.4 Å². The minimum absolute atomic E-state index is 0.440. The molecule has 0 spiro atoms. The third-order valence-corrected chi connectivity index (χ3v) is 2.83. The Kier molecular flexibility index (Phi) is 3.01. The van der Waals surface area contributed by atoms with Crippen LogP contribution in [0, 0.1) is 0 Å². The van der Waals surface area contributed by atoms with Crippen LogP contribution in [0.1, 0.15) is 20.8 Å². The van der Waals surface area contributed by atoms with Gasteiger partial charge in [-0.05, 0) is 26.0 Å². The molecule has 0 saturated carbocycles. The fourth-order valence-electron chi connectivity index (χ4n) is 1.86. The topological polar surface area (TPSA) is 66.9 Å². The number of rotatable bonds is 2. The number of hydroxylamine groups is 2. The van der Waals surface area contributed by atoms with Crippen LogP contribution in [-0.4, -0.2) is 28.5 Å². The van der Waals surface area contributed by atoms with Crippen LogP contribution < -0.4 is 4.90 Å². The van der Waals surface area contributed by atoms with E-state index >= 15 is 0 Å². The number of hydrogen-bond acceptors (Lipinski definition) is 4. The van der Waals surface area contributed by atoms with Gasteiger partial charge in [0.25, 0.3) is 5.91 Å². The van der Waals surface area contributed by atoms with Crippen molar-refractivity contribution in [1.29, 1.82) is 0 Å². The number of carbonyl (C=O) groups is 3. The summed E-state index contributed by atoms with van der Waals surface area (Å²) in [4.78, 5) is 41.4. The second-order valence-corrected chi connectivity index (χ2v) is 4.69. The zero-order valence-corrected chi connectivity index (χ0v) is 10.9. The molecule has 1 aromatic carbocycles. The first-order chi connectivity index (χ1) is 8.85. The molecule has 0 unspecified atom stereocenters. The highest BCUT2D eigenvalue weighted by Crippen LogP contribution is 2.31. The first-order valence-corrected chi connectivity index (χ1v) is 5.78. The molecule has 0 aliphatic carbocycles. The highest BCUT2D eigenvalue weighted by molar-refractivity contribution is 6.22. The van der Waals surface area contributed by atoms with Gasteiger partial charge in [-0.25, -0.2) is 9.69 Å². The minimum Gasteiger partial charge on any atom is -0.336 e. The van der Waals surface area contributed by atoms with Gasteiger partial charge in [-0.2, -0.15) is 0 Å². The fourth-order valence-corrected chi connectivity index (χ4v) is 1.86. The van der Waals surface area contributed by atoms with Crippen molar-refractivity contribution in [2.75, 3.05) is 4.90 Å². The summed E-state index contributed by atoms with van der Waals surface area (Å²) in [5, 5.41) is 0.810. The van der Waals surface area contributed by atoms with Crippen LogP contribution in [-0.2, 0) is 14.4 Å². The van der Waals surface area contributed by atoms with E-state index in [4.69, 9.17) is 4.84 Å². The maximum Gasteiger partial charge on any atom is 0.365 e. The molecule has 6 nitrogen and oxygen atoms in total. The Labute approximate surface area is 110 Å². The lowest BCUT2D eigenvalue weighted by Crippen LogP contribution is -2.44. The van der Waals surface area contributed by atoms with Gasteiger partial charge in [0.15, 0.2) is 5.54 Å². The van der Waals surface area contributed by atoms with E-state index in [1.807, 2.05) is 0 Å².